The van der Waals surface area contributed by atoms with Crippen molar-refractivity contribution in [1.29, 1.82) is 0 Å². The van der Waals surface area contributed by atoms with E-state index < -0.39 is 5.97 Å². The average molecular weight is 214 g/mol. The summed E-state index contributed by atoms with van der Waals surface area (Å²) in [5.41, 5.74) is 5.25. The Kier molecular flexibility index (Phi) is 6.68. The van der Waals surface area contributed by atoms with Crippen LogP contribution in [0.3, 0.4) is 0 Å². The zero-order valence-electron chi connectivity index (χ0n) is 5.98. The Bertz CT molecular complexity index is 251. The van der Waals surface area contributed by atoms with Gasteiger partial charge >= 0.3 is 5.97 Å². The first-order valence-electron chi connectivity index (χ1n) is 2.71. The number of carboxylic acid groups (broad SMARTS) is 1. The van der Waals surface area contributed by atoms with Crippen molar-refractivity contribution in [1.82, 2.24) is 9.97 Å². The second-order valence-electron chi connectivity index (χ2n) is 1.75. The van der Waals surface area contributed by atoms with Gasteiger partial charge in [0.2, 0.25) is 0 Å². The molecule has 0 bridgehead atoms. The molecule has 1 heterocycles. The molecule has 0 amide bonds. The second kappa shape index (κ2) is 5.82. The van der Waals surface area contributed by atoms with Crippen LogP contribution >= 0.6 is 24.8 Å². The third-order valence-electron chi connectivity index (χ3n) is 1.05. The van der Waals surface area contributed by atoms with Crippen LogP contribution in [0, 0.1) is 0 Å². The molecular formula is C5H9Cl2N3O2. The van der Waals surface area contributed by atoms with Gasteiger partial charge in [-0.15, -0.1) is 24.8 Å². The van der Waals surface area contributed by atoms with Crippen LogP contribution in [-0.4, -0.2) is 21.0 Å². The highest BCUT2D eigenvalue weighted by Gasteiger charge is 2.04. The van der Waals surface area contributed by atoms with Crippen molar-refractivity contribution in [2.45, 2.75) is 6.54 Å². The van der Waals surface area contributed by atoms with Crippen molar-refractivity contribution in [2.75, 3.05) is 0 Å². The highest BCUT2D eigenvalue weighted by molar-refractivity contribution is 5.85. The van der Waals surface area contributed by atoms with E-state index in [9.17, 15) is 4.79 Å². The molecule has 0 atom stereocenters. The molecule has 12 heavy (non-hydrogen) atoms. The molecule has 0 unspecified atom stereocenters. The minimum atomic E-state index is -1.02. The lowest BCUT2D eigenvalue weighted by molar-refractivity contribution is 0.0691. The molecule has 0 aliphatic heterocycles. The fourth-order valence-corrected chi connectivity index (χ4v) is 0.575. The molecular weight excluding hydrogens is 205 g/mol. The van der Waals surface area contributed by atoms with E-state index in [-0.39, 0.29) is 37.1 Å². The molecule has 5 nitrogen and oxygen atoms in total. The number of nitrogens with two attached hydrogens (primary N) is 1. The van der Waals surface area contributed by atoms with Crippen molar-refractivity contribution in [3.8, 4) is 0 Å². The fraction of sp³-hybridized carbons (Fsp3) is 0.200. The summed E-state index contributed by atoms with van der Waals surface area (Å²) in [7, 11) is 0. The normalized spacial score (nSPS) is 8.08. The first-order valence-corrected chi connectivity index (χ1v) is 2.71. The highest BCUT2D eigenvalue weighted by Crippen LogP contribution is 1.94. The number of carboxylic acids is 1. The van der Waals surface area contributed by atoms with Crippen LogP contribution in [0.5, 0.6) is 0 Å². The summed E-state index contributed by atoms with van der Waals surface area (Å²) in [6.07, 6.45) is 1.24. The number of aromatic carboxylic acids is 1. The standard InChI is InChI=1S/C5H7N3O2.2ClH/c6-1-4-7-2-3(8-4)5(9)10;;/h2H,1,6H2,(H,7,8)(H,9,10);2*1H. The zero-order valence-corrected chi connectivity index (χ0v) is 7.61. The predicted molar refractivity (Wildman–Crippen MR) is 47.9 cm³/mol. The van der Waals surface area contributed by atoms with E-state index in [2.05, 4.69) is 9.97 Å². The van der Waals surface area contributed by atoms with Gasteiger partial charge in [-0.05, 0) is 0 Å². The van der Waals surface area contributed by atoms with E-state index >= 15 is 0 Å². The zero-order chi connectivity index (χ0) is 7.56. The number of aromatic amines is 1. The number of hydrogen-bond donors (Lipinski definition) is 3. The van der Waals surface area contributed by atoms with Crippen molar-refractivity contribution >= 4 is 30.8 Å². The molecule has 1 rings (SSSR count). The molecule has 0 fully saturated rings. The maximum atomic E-state index is 10.2. The maximum Gasteiger partial charge on any atom is 0.353 e. The molecule has 0 saturated heterocycles. The predicted octanol–water partition coefficient (Wildman–Crippen LogP) is 0.410. The van der Waals surface area contributed by atoms with Gasteiger partial charge in [0.1, 0.15) is 11.5 Å². The molecule has 0 aliphatic carbocycles. The third kappa shape index (κ3) is 3.08. The van der Waals surface area contributed by atoms with Crippen LogP contribution in [0.25, 0.3) is 0 Å². The quantitative estimate of drug-likeness (QED) is 0.664. The minimum absolute atomic E-state index is 0. The fourth-order valence-electron chi connectivity index (χ4n) is 0.575. The van der Waals surface area contributed by atoms with Gasteiger partial charge in [0.25, 0.3) is 0 Å². The molecule has 1 aromatic rings. The number of rotatable bonds is 2. The number of nitrogens with one attached hydrogen (secondary N) is 1. The lowest BCUT2D eigenvalue weighted by atomic mass is 10.5. The van der Waals surface area contributed by atoms with Crippen LogP contribution in [0.1, 0.15) is 16.3 Å². The summed E-state index contributed by atoms with van der Waals surface area (Å²) in [4.78, 5) is 16.4. The number of hydrogen-bond acceptors (Lipinski definition) is 3. The van der Waals surface area contributed by atoms with Gasteiger partial charge in [-0.3, -0.25) is 0 Å². The number of imidazole rings is 1. The number of halogens is 2. The summed E-state index contributed by atoms with van der Waals surface area (Å²) in [6, 6.07) is 0. The summed E-state index contributed by atoms with van der Waals surface area (Å²) >= 11 is 0. The van der Waals surface area contributed by atoms with Crippen LogP contribution in [-0.2, 0) is 6.54 Å². The van der Waals surface area contributed by atoms with E-state index in [0.717, 1.165) is 0 Å². The second-order valence-corrected chi connectivity index (χ2v) is 1.75. The Morgan fingerprint density at radius 3 is 2.50 bits per heavy atom. The van der Waals surface area contributed by atoms with Gasteiger partial charge < -0.3 is 15.8 Å². The van der Waals surface area contributed by atoms with Crippen LogP contribution in [0.4, 0.5) is 0 Å². The van der Waals surface area contributed by atoms with Gasteiger partial charge in [-0.1, -0.05) is 0 Å². The van der Waals surface area contributed by atoms with Crippen LogP contribution < -0.4 is 5.73 Å². The molecule has 0 aliphatic rings. The van der Waals surface area contributed by atoms with Gasteiger partial charge in [-0.2, -0.15) is 0 Å². The first kappa shape index (κ1) is 13.8. The number of aromatic nitrogens is 2. The molecule has 7 heteroatoms. The van der Waals surface area contributed by atoms with Crippen LogP contribution in [0.2, 0.25) is 0 Å². The minimum Gasteiger partial charge on any atom is -0.477 e. The molecule has 0 radical (unpaired) electrons. The highest BCUT2D eigenvalue weighted by atomic mass is 35.5. The Labute approximate surface area is 81.2 Å². The number of carbonyl (C=O) groups is 1. The summed E-state index contributed by atoms with van der Waals surface area (Å²) in [6.45, 7) is 0.229. The Morgan fingerprint density at radius 2 is 2.25 bits per heavy atom. The topological polar surface area (TPSA) is 92.0 Å². The van der Waals surface area contributed by atoms with E-state index in [0.29, 0.717) is 5.82 Å². The molecule has 0 saturated carbocycles. The largest absolute Gasteiger partial charge is 0.477 e. The summed E-state index contributed by atoms with van der Waals surface area (Å²) in [5, 5.41) is 8.38. The molecule has 1 aromatic heterocycles. The van der Waals surface area contributed by atoms with E-state index in [4.69, 9.17) is 10.8 Å². The van der Waals surface area contributed by atoms with Gasteiger partial charge in [0, 0.05) is 0 Å². The summed E-state index contributed by atoms with van der Waals surface area (Å²) < 4.78 is 0. The first-order chi connectivity index (χ1) is 4.74. The lowest BCUT2D eigenvalue weighted by Gasteiger charge is -1.85. The van der Waals surface area contributed by atoms with Crippen LogP contribution in [0.15, 0.2) is 6.20 Å². The van der Waals surface area contributed by atoms with Gasteiger partial charge in [-0.25, -0.2) is 9.78 Å². The smallest absolute Gasteiger partial charge is 0.353 e. The third-order valence-corrected chi connectivity index (χ3v) is 1.05. The monoisotopic (exact) mass is 213 g/mol. The van der Waals surface area contributed by atoms with E-state index in [1.54, 1.807) is 0 Å². The van der Waals surface area contributed by atoms with Crippen molar-refractivity contribution in [2.24, 2.45) is 5.73 Å². The molecule has 70 valence electrons. The van der Waals surface area contributed by atoms with Crippen molar-refractivity contribution in [3.05, 3.63) is 17.7 Å². The van der Waals surface area contributed by atoms with Gasteiger partial charge in [0.05, 0.1) is 12.7 Å². The number of H-pyrrole nitrogens is 1. The Hall–Kier alpha value is -0.780. The maximum absolute atomic E-state index is 10.2. The average Bonchev–Trinajstić information content (AvgIpc) is 2.34. The molecule has 0 spiro atoms. The lowest BCUT2D eigenvalue weighted by Crippen LogP contribution is -2.00. The number of nitrogens with zero attached hydrogens (tertiary/aromatic N) is 1. The van der Waals surface area contributed by atoms with Crippen molar-refractivity contribution < 1.29 is 9.90 Å². The molecule has 4 N–H and O–H groups in total. The Balaban J connectivity index is 0. The molecule has 0 aromatic carbocycles. The van der Waals surface area contributed by atoms with Crippen molar-refractivity contribution in [3.63, 3.8) is 0 Å². The SMILES string of the molecule is Cl.Cl.NCc1ncc(C(=O)O)[nH]1. The van der Waals surface area contributed by atoms with E-state index in [1.807, 2.05) is 0 Å². The van der Waals surface area contributed by atoms with E-state index in [1.165, 1.54) is 6.20 Å². The summed E-state index contributed by atoms with van der Waals surface area (Å²) in [5.74, 6) is -0.537. The van der Waals surface area contributed by atoms with Gasteiger partial charge in [0.15, 0.2) is 0 Å². The Morgan fingerprint density at radius 1 is 1.67 bits per heavy atom.